The number of fused-ring (bicyclic) bond motifs is 1. The van der Waals surface area contributed by atoms with Crippen molar-refractivity contribution in [2.75, 3.05) is 20.1 Å². The largest absolute Gasteiger partial charge is 0.355 e. The minimum atomic E-state index is -0.105. The number of carbonyl (C=O) groups excluding carboxylic acids is 1. The Morgan fingerprint density at radius 1 is 1.32 bits per heavy atom. The molecular formula is C15H21ClN4O2. The van der Waals surface area contributed by atoms with Gasteiger partial charge in [0.2, 0.25) is 5.91 Å². The van der Waals surface area contributed by atoms with Crippen LogP contribution in [0, 0.1) is 6.92 Å². The zero-order valence-corrected chi connectivity index (χ0v) is 13.6. The minimum absolute atomic E-state index is 0. The van der Waals surface area contributed by atoms with Gasteiger partial charge in [0.15, 0.2) is 0 Å². The van der Waals surface area contributed by atoms with Gasteiger partial charge in [0.05, 0.1) is 17.2 Å². The highest BCUT2D eigenvalue weighted by Crippen LogP contribution is 2.11. The minimum Gasteiger partial charge on any atom is -0.355 e. The third kappa shape index (κ3) is 4.29. The zero-order valence-electron chi connectivity index (χ0n) is 12.8. The van der Waals surface area contributed by atoms with Crippen LogP contribution in [-0.2, 0) is 11.3 Å². The van der Waals surface area contributed by atoms with Crippen LogP contribution in [0.25, 0.3) is 10.9 Å². The normalized spacial score (nSPS) is 10.3. The lowest BCUT2D eigenvalue weighted by molar-refractivity contribution is -0.121. The number of benzene rings is 1. The van der Waals surface area contributed by atoms with Crippen LogP contribution in [0.5, 0.6) is 0 Å². The third-order valence-corrected chi connectivity index (χ3v) is 3.33. The van der Waals surface area contributed by atoms with Gasteiger partial charge in [0.1, 0.15) is 0 Å². The maximum Gasteiger partial charge on any atom is 0.261 e. The van der Waals surface area contributed by atoms with E-state index in [-0.39, 0.29) is 30.3 Å². The first-order chi connectivity index (χ1) is 10.1. The van der Waals surface area contributed by atoms with Gasteiger partial charge in [-0.15, -0.1) is 12.4 Å². The van der Waals surface area contributed by atoms with E-state index in [1.165, 1.54) is 10.9 Å². The standard InChI is InChI=1S/C15H20N4O2.ClH/c1-11-4-3-5-12-14(11)18-10-19(15(12)21)9-6-13(20)17-8-7-16-2;/h3-5,10,16H,6-9H2,1-2H3,(H,17,20);1H. The molecule has 0 unspecified atom stereocenters. The van der Waals surface area contributed by atoms with Gasteiger partial charge in [-0.3, -0.25) is 14.2 Å². The molecule has 0 aliphatic heterocycles. The van der Waals surface area contributed by atoms with Gasteiger partial charge in [-0.05, 0) is 25.6 Å². The zero-order chi connectivity index (χ0) is 15.2. The highest BCUT2D eigenvalue weighted by atomic mass is 35.5. The fourth-order valence-electron chi connectivity index (χ4n) is 2.13. The van der Waals surface area contributed by atoms with Crippen molar-refractivity contribution in [1.29, 1.82) is 0 Å². The number of nitrogens with one attached hydrogen (secondary N) is 2. The smallest absolute Gasteiger partial charge is 0.261 e. The van der Waals surface area contributed by atoms with E-state index in [0.717, 1.165) is 17.6 Å². The Labute approximate surface area is 135 Å². The van der Waals surface area contributed by atoms with Crippen molar-refractivity contribution in [3.8, 4) is 0 Å². The Hall–Kier alpha value is -1.92. The molecule has 7 heteroatoms. The highest BCUT2D eigenvalue weighted by Gasteiger charge is 2.07. The maximum atomic E-state index is 12.3. The number of aryl methyl sites for hydroxylation is 2. The maximum absolute atomic E-state index is 12.3. The number of carbonyl (C=O) groups is 1. The van der Waals surface area contributed by atoms with Gasteiger partial charge >= 0.3 is 0 Å². The lowest BCUT2D eigenvalue weighted by Gasteiger charge is -2.08. The lowest BCUT2D eigenvalue weighted by Crippen LogP contribution is -2.32. The topological polar surface area (TPSA) is 76.0 Å². The van der Waals surface area contributed by atoms with Crippen LogP contribution in [0.15, 0.2) is 29.3 Å². The molecule has 0 fully saturated rings. The molecule has 1 amide bonds. The summed E-state index contributed by atoms with van der Waals surface area (Å²) in [6, 6.07) is 5.53. The Morgan fingerprint density at radius 3 is 2.82 bits per heavy atom. The first-order valence-electron chi connectivity index (χ1n) is 6.99. The number of amides is 1. The first kappa shape index (κ1) is 18.1. The monoisotopic (exact) mass is 324 g/mol. The van der Waals surface area contributed by atoms with Gasteiger partial charge in [0.25, 0.3) is 5.56 Å². The number of hydrogen-bond acceptors (Lipinski definition) is 4. The van der Waals surface area contributed by atoms with Crippen molar-refractivity contribution in [2.24, 2.45) is 0 Å². The Bertz CT molecular complexity index is 699. The lowest BCUT2D eigenvalue weighted by atomic mass is 10.1. The molecular weight excluding hydrogens is 304 g/mol. The van der Waals surface area contributed by atoms with Crippen LogP contribution in [-0.4, -0.2) is 35.6 Å². The molecule has 1 heterocycles. The number of para-hydroxylation sites is 1. The molecule has 6 nitrogen and oxygen atoms in total. The van der Waals surface area contributed by atoms with Crippen LogP contribution in [0.4, 0.5) is 0 Å². The first-order valence-corrected chi connectivity index (χ1v) is 6.99. The van der Waals surface area contributed by atoms with E-state index in [2.05, 4.69) is 15.6 Å². The summed E-state index contributed by atoms with van der Waals surface area (Å²) in [5.74, 6) is -0.0681. The van der Waals surface area contributed by atoms with E-state index in [1.807, 2.05) is 26.1 Å². The molecule has 22 heavy (non-hydrogen) atoms. The summed E-state index contributed by atoms with van der Waals surface area (Å²) in [5, 5.41) is 6.32. The van der Waals surface area contributed by atoms with Crippen molar-refractivity contribution >= 4 is 29.2 Å². The summed E-state index contributed by atoms with van der Waals surface area (Å²) in [6.45, 7) is 3.57. The number of aromatic nitrogens is 2. The molecule has 1 aromatic heterocycles. The number of rotatable bonds is 6. The highest BCUT2D eigenvalue weighted by molar-refractivity contribution is 5.85. The number of hydrogen-bond donors (Lipinski definition) is 2. The summed E-state index contributed by atoms with van der Waals surface area (Å²) in [6.07, 6.45) is 1.78. The Morgan fingerprint density at radius 2 is 2.09 bits per heavy atom. The van der Waals surface area contributed by atoms with Crippen molar-refractivity contribution in [1.82, 2.24) is 20.2 Å². The Balaban J connectivity index is 0.00000242. The molecule has 0 atom stereocenters. The van der Waals surface area contributed by atoms with Crippen molar-refractivity contribution in [3.05, 3.63) is 40.4 Å². The predicted octanol–water partition coefficient (Wildman–Crippen LogP) is 0.852. The third-order valence-electron chi connectivity index (χ3n) is 3.33. The van der Waals surface area contributed by atoms with Crippen LogP contribution in [0.2, 0.25) is 0 Å². The van der Waals surface area contributed by atoms with E-state index in [4.69, 9.17) is 0 Å². The molecule has 1 aromatic carbocycles. The molecule has 2 rings (SSSR count). The van der Waals surface area contributed by atoms with E-state index >= 15 is 0 Å². The predicted molar refractivity (Wildman–Crippen MR) is 89.5 cm³/mol. The van der Waals surface area contributed by atoms with Gasteiger partial charge in [-0.25, -0.2) is 4.98 Å². The molecule has 2 aromatic rings. The van der Waals surface area contributed by atoms with Crippen molar-refractivity contribution in [2.45, 2.75) is 19.9 Å². The molecule has 0 radical (unpaired) electrons. The second kappa shape index (κ2) is 8.51. The van der Waals surface area contributed by atoms with Crippen LogP contribution >= 0.6 is 12.4 Å². The van der Waals surface area contributed by atoms with E-state index in [0.29, 0.717) is 18.5 Å². The van der Waals surface area contributed by atoms with Gasteiger partial charge in [0, 0.05) is 26.1 Å². The van der Waals surface area contributed by atoms with E-state index in [9.17, 15) is 9.59 Å². The summed E-state index contributed by atoms with van der Waals surface area (Å²) < 4.78 is 1.49. The van der Waals surface area contributed by atoms with Gasteiger partial charge < -0.3 is 10.6 Å². The van der Waals surface area contributed by atoms with Crippen LogP contribution in [0.1, 0.15) is 12.0 Å². The molecule has 0 bridgehead atoms. The second-order valence-corrected chi connectivity index (χ2v) is 4.92. The number of likely N-dealkylation sites (N-methyl/N-ethyl adjacent to an activating group) is 1. The summed E-state index contributed by atoms with van der Waals surface area (Å²) in [4.78, 5) is 28.3. The van der Waals surface area contributed by atoms with Crippen molar-refractivity contribution in [3.63, 3.8) is 0 Å². The SMILES string of the molecule is CNCCNC(=O)CCn1cnc2c(C)cccc2c1=O.Cl. The molecule has 120 valence electrons. The summed E-state index contributed by atoms with van der Waals surface area (Å²) >= 11 is 0. The van der Waals surface area contributed by atoms with E-state index in [1.54, 1.807) is 6.07 Å². The average molecular weight is 325 g/mol. The molecule has 0 aliphatic rings. The second-order valence-electron chi connectivity index (χ2n) is 4.92. The van der Waals surface area contributed by atoms with Gasteiger partial charge in [-0.2, -0.15) is 0 Å². The number of nitrogens with zero attached hydrogens (tertiary/aromatic N) is 2. The average Bonchev–Trinajstić information content (AvgIpc) is 2.48. The van der Waals surface area contributed by atoms with Gasteiger partial charge in [-0.1, -0.05) is 12.1 Å². The summed E-state index contributed by atoms with van der Waals surface area (Å²) in [5.41, 5.74) is 1.59. The number of halogens is 1. The van der Waals surface area contributed by atoms with Crippen LogP contribution in [0.3, 0.4) is 0 Å². The van der Waals surface area contributed by atoms with Crippen LogP contribution < -0.4 is 16.2 Å². The quantitative estimate of drug-likeness (QED) is 0.773. The molecule has 0 saturated heterocycles. The fourth-order valence-corrected chi connectivity index (χ4v) is 2.13. The molecule has 0 saturated carbocycles. The molecule has 0 aliphatic carbocycles. The fraction of sp³-hybridized carbons (Fsp3) is 0.400. The summed E-state index contributed by atoms with van der Waals surface area (Å²) in [7, 11) is 1.83. The Kier molecular flexibility index (Phi) is 7.01. The molecule has 2 N–H and O–H groups in total. The van der Waals surface area contributed by atoms with Crippen molar-refractivity contribution < 1.29 is 4.79 Å². The van der Waals surface area contributed by atoms with E-state index < -0.39 is 0 Å². The molecule has 0 spiro atoms.